The van der Waals surface area contributed by atoms with E-state index < -0.39 is 0 Å². The van der Waals surface area contributed by atoms with Crippen LogP contribution in [0.2, 0.25) is 5.02 Å². The van der Waals surface area contributed by atoms with Gasteiger partial charge in [0.2, 0.25) is 5.82 Å². The van der Waals surface area contributed by atoms with Gasteiger partial charge in [0.25, 0.3) is 0 Å². The lowest BCUT2D eigenvalue weighted by molar-refractivity contribution is 0.276. The molecule has 0 fully saturated rings. The highest BCUT2D eigenvalue weighted by Gasteiger charge is 2.13. The molecule has 0 unspecified atom stereocenters. The Kier molecular flexibility index (Phi) is 4.18. The SMILES string of the molecule is COc1cc(CN)cc(Cl)c1OCc1nnn(C)n1. The Bertz CT molecular complexity index is 572. The minimum absolute atomic E-state index is 0.159. The fourth-order valence-corrected chi connectivity index (χ4v) is 1.84. The van der Waals surface area contributed by atoms with Gasteiger partial charge in [0.1, 0.15) is 0 Å². The first-order chi connectivity index (χ1) is 9.13. The zero-order valence-electron chi connectivity index (χ0n) is 10.6. The topological polar surface area (TPSA) is 88.1 Å². The molecule has 19 heavy (non-hydrogen) atoms. The van der Waals surface area contributed by atoms with Crippen molar-refractivity contribution in [2.45, 2.75) is 13.2 Å². The van der Waals surface area contributed by atoms with Crippen molar-refractivity contribution in [3.63, 3.8) is 0 Å². The maximum Gasteiger partial charge on any atom is 0.212 e. The minimum atomic E-state index is 0.159. The van der Waals surface area contributed by atoms with Crippen molar-refractivity contribution in [3.8, 4) is 11.5 Å². The van der Waals surface area contributed by atoms with Gasteiger partial charge in [0.15, 0.2) is 18.1 Å². The van der Waals surface area contributed by atoms with Crippen molar-refractivity contribution in [1.29, 1.82) is 0 Å². The van der Waals surface area contributed by atoms with Crippen LogP contribution in [-0.2, 0) is 20.2 Å². The third kappa shape index (κ3) is 3.12. The highest BCUT2D eigenvalue weighted by molar-refractivity contribution is 6.32. The highest BCUT2D eigenvalue weighted by Crippen LogP contribution is 2.36. The summed E-state index contributed by atoms with van der Waals surface area (Å²) in [6.45, 7) is 0.536. The number of rotatable bonds is 5. The van der Waals surface area contributed by atoms with E-state index >= 15 is 0 Å². The Morgan fingerprint density at radius 3 is 2.79 bits per heavy atom. The number of halogens is 1. The van der Waals surface area contributed by atoms with Gasteiger partial charge in [0.05, 0.1) is 19.2 Å². The van der Waals surface area contributed by atoms with E-state index in [1.54, 1.807) is 26.3 Å². The predicted octanol–water partition coefficient (Wildman–Crippen LogP) is 0.910. The van der Waals surface area contributed by atoms with Gasteiger partial charge in [-0.1, -0.05) is 11.6 Å². The Morgan fingerprint density at radius 2 is 2.21 bits per heavy atom. The number of ether oxygens (including phenoxy) is 2. The number of nitrogens with two attached hydrogens (primary N) is 1. The fourth-order valence-electron chi connectivity index (χ4n) is 1.55. The quantitative estimate of drug-likeness (QED) is 0.877. The second-order valence-electron chi connectivity index (χ2n) is 3.80. The zero-order valence-corrected chi connectivity index (χ0v) is 11.4. The van der Waals surface area contributed by atoms with Crippen LogP contribution in [0, 0.1) is 0 Å². The lowest BCUT2D eigenvalue weighted by Gasteiger charge is -2.12. The molecular weight excluding hydrogens is 270 g/mol. The summed E-state index contributed by atoms with van der Waals surface area (Å²) in [7, 11) is 3.22. The molecule has 2 aromatic rings. The minimum Gasteiger partial charge on any atom is -0.493 e. The van der Waals surface area contributed by atoms with E-state index in [4.69, 9.17) is 26.8 Å². The van der Waals surface area contributed by atoms with E-state index in [2.05, 4.69) is 15.4 Å². The average molecular weight is 284 g/mol. The van der Waals surface area contributed by atoms with Crippen LogP contribution < -0.4 is 15.2 Å². The van der Waals surface area contributed by atoms with Crippen molar-refractivity contribution in [3.05, 3.63) is 28.5 Å². The summed E-state index contributed by atoms with van der Waals surface area (Å²) < 4.78 is 10.8. The molecule has 0 spiro atoms. The van der Waals surface area contributed by atoms with Gasteiger partial charge in [0, 0.05) is 6.54 Å². The first-order valence-electron chi connectivity index (χ1n) is 5.56. The number of aryl methyl sites for hydroxylation is 1. The molecule has 8 heteroatoms. The molecular formula is C11H14ClN5O2. The maximum absolute atomic E-state index is 6.14. The summed E-state index contributed by atoms with van der Waals surface area (Å²) in [5.41, 5.74) is 6.44. The monoisotopic (exact) mass is 283 g/mol. The average Bonchev–Trinajstić information content (AvgIpc) is 2.82. The molecule has 0 aliphatic carbocycles. The second-order valence-corrected chi connectivity index (χ2v) is 4.20. The normalized spacial score (nSPS) is 10.5. The van der Waals surface area contributed by atoms with E-state index in [1.165, 1.54) is 4.80 Å². The van der Waals surface area contributed by atoms with Crippen molar-refractivity contribution in [2.24, 2.45) is 12.8 Å². The van der Waals surface area contributed by atoms with Crippen LogP contribution in [0.5, 0.6) is 11.5 Å². The summed E-state index contributed by atoms with van der Waals surface area (Å²) in [6, 6.07) is 3.52. The molecule has 0 amide bonds. The zero-order chi connectivity index (χ0) is 13.8. The number of aromatic nitrogens is 4. The summed E-state index contributed by atoms with van der Waals surface area (Å²) in [5.74, 6) is 1.43. The largest absolute Gasteiger partial charge is 0.493 e. The van der Waals surface area contributed by atoms with E-state index in [1.807, 2.05) is 0 Å². The van der Waals surface area contributed by atoms with Crippen LogP contribution in [0.25, 0.3) is 0 Å². The predicted molar refractivity (Wildman–Crippen MR) is 69.0 cm³/mol. The van der Waals surface area contributed by atoms with Crippen LogP contribution in [0.15, 0.2) is 12.1 Å². The summed E-state index contributed by atoms with van der Waals surface area (Å²) >= 11 is 6.14. The first kappa shape index (κ1) is 13.6. The maximum atomic E-state index is 6.14. The van der Waals surface area contributed by atoms with Crippen LogP contribution in [0.1, 0.15) is 11.4 Å². The second kappa shape index (κ2) is 5.85. The molecule has 1 aromatic heterocycles. The van der Waals surface area contributed by atoms with Crippen LogP contribution in [0.3, 0.4) is 0 Å². The Hall–Kier alpha value is -1.86. The molecule has 102 valence electrons. The number of nitrogens with zero attached hydrogens (tertiary/aromatic N) is 4. The molecule has 2 N–H and O–H groups in total. The van der Waals surface area contributed by atoms with Crippen molar-refractivity contribution < 1.29 is 9.47 Å². The van der Waals surface area contributed by atoms with Crippen LogP contribution in [-0.4, -0.2) is 27.3 Å². The lowest BCUT2D eigenvalue weighted by Crippen LogP contribution is -2.03. The van der Waals surface area contributed by atoms with E-state index in [-0.39, 0.29) is 6.61 Å². The van der Waals surface area contributed by atoms with Gasteiger partial charge in [-0.3, -0.25) is 0 Å². The highest BCUT2D eigenvalue weighted by atomic mass is 35.5. The van der Waals surface area contributed by atoms with E-state index in [0.29, 0.717) is 28.9 Å². The molecule has 0 aliphatic heterocycles. The molecule has 1 heterocycles. The summed E-state index contributed by atoms with van der Waals surface area (Å²) in [5, 5.41) is 12.0. The summed E-state index contributed by atoms with van der Waals surface area (Å²) in [4.78, 5) is 1.36. The van der Waals surface area contributed by atoms with Crippen LogP contribution >= 0.6 is 11.6 Å². The van der Waals surface area contributed by atoms with Crippen LogP contribution in [0.4, 0.5) is 0 Å². The molecule has 2 rings (SSSR count). The Balaban J connectivity index is 2.19. The van der Waals surface area contributed by atoms with Gasteiger partial charge in [-0.15, -0.1) is 10.2 Å². The Morgan fingerprint density at radius 1 is 1.42 bits per heavy atom. The summed E-state index contributed by atoms with van der Waals surface area (Å²) in [6.07, 6.45) is 0. The van der Waals surface area contributed by atoms with Crippen molar-refractivity contribution in [1.82, 2.24) is 20.2 Å². The van der Waals surface area contributed by atoms with Gasteiger partial charge in [-0.25, -0.2) is 0 Å². The third-order valence-corrected chi connectivity index (χ3v) is 2.70. The van der Waals surface area contributed by atoms with Gasteiger partial charge in [-0.2, -0.15) is 4.80 Å². The molecule has 0 bridgehead atoms. The van der Waals surface area contributed by atoms with Gasteiger partial charge < -0.3 is 15.2 Å². The fraction of sp³-hybridized carbons (Fsp3) is 0.364. The van der Waals surface area contributed by atoms with Crippen molar-refractivity contribution in [2.75, 3.05) is 7.11 Å². The molecule has 7 nitrogen and oxygen atoms in total. The first-order valence-corrected chi connectivity index (χ1v) is 5.94. The van der Waals surface area contributed by atoms with Gasteiger partial charge in [-0.05, 0) is 22.9 Å². The standard InChI is InChI=1S/C11H14ClN5O2/c1-17-15-10(14-16-17)6-19-11-8(12)3-7(5-13)4-9(11)18-2/h3-4H,5-6,13H2,1-2H3. The molecule has 0 atom stereocenters. The van der Waals surface area contributed by atoms with Crippen molar-refractivity contribution >= 4 is 11.6 Å². The molecule has 1 aromatic carbocycles. The molecule has 0 saturated carbocycles. The van der Waals surface area contributed by atoms with Gasteiger partial charge >= 0.3 is 0 Å². The Labute approximate surface area is 115 Å². The third-order valence-electron chi connectivity index (χ3n) is 2.42. The molecule has 0 aliphatic rings. The number of tetrazole rings is 1. The lowest BCUT2D eigenvalue weighted by atomic mass is 10.2. The number of hydrogen-bond donors (Lipinski definition) is 1. The smallest absolute Gasteiger partial charge is 0.212 e. The van der Waals surface area contributed by atoms with E-state index in [0.717, 1.165) is 5.56 Å². The number of methoxy groups -OCH3 is 1. The number of hydrogen-bond acceptors (Lipinski definition) is 6. The number of benzene rings is 1. The van der Waals surface area contributed by atoms with E-state index in [9.17, 15) is 0 Å². The molecule has 0 saturated heterocycles. The molecule has 0 radical (unpaired) electrons.